The number of amides is 1. The van der Waals surface area contributed by atoms with Gasteiger partial charge in [0.15, 0.2) is 5.69 Å². The maximum Gasteiger partial charge on any atom is 0.276 e. The zero-order chi connectivity index (χ0) is 15.4. The molecule has 5 nitrogen and oxygen atoms in total. The summed E-state index contributed by atoms with van der Waals surface area (Å²) in [6.45, 7) is 0. The average Bonchev–Trinajstić information content (AvgIpc) is 2.97. The Morgan fingerprint density at radius 2 is 2.00 bits per heavy atom. The number of benzene rings is 1. The molecule has 0 aliphatic carbocycles. The lowest BCUT2D eigenvalue weighted by Crippen LogP contribution is -2.12. The molecule has 6 heteroatoms. The van der Waals surface area contributed by atoms with Crippen molar-refractivity contribution < 1.29 is 4.79 Å². The van der Waals surface area contributed by atoms with E-state index in [0.717, 1.165) is 11.3 Å². The van der Waals surface area contributed by atoms with Crippen molar-refractivity contribution >= 4 is 23.2 Å². The van der Waals surface area contributed by atoms with Crippen molar-refractivity contribution in [3.8, 4) is 0 Å². The number of pyridine rings is 1. The van der Waals surface area contributed by atoms with E-state index < -0.39 is 0 Å². The molecule has 3 rings (SSSR count). The second-order valence-electron chi connectivity index (χ2n) is 4.78. The van der Waals surface area contributed by atoms with E-state index in [1.807, 2.05) is 24.3 Å². The lowest BCUT2D eigenvalue weighted by Gasteiger charge is -2.01. The highest BCUT2D eigenvalue weighted by molar-refractivity contribution is 6.30. The zero-order valence-corrected chi connectivity index (χ0v) is 12.3. The first-order valence-electron chi connectivity index (χ1n) is 6.71. The van der Waals surface area contributed by atoms with Gasteiger partial charge >= 0.3 is 0 Å². The van der Waals surface area contributed by atoms with Crippen LogP contribution in [0.15, 0.2) is 54.9 Å². The van der Waals surface area contributed by atoms with E-state index in [-0.39, 0.29) is 5.91 Å². The third-order valence-electron chi connectivity index (χ3n) is 3.09. The number of aromatic nitrogens is 3. The normalized spacial score (nSPS) is 10.4. The van der Waals surface area contributed by atoms with Crippen molar-refractivity contribution in [3.05, 3.63) is 76.8 Å². The van der Waals surface area contributed by atoms with Gasteiger partial charge in [0.25, 0.3) is 5.91 Å². The van der Waals surface area contributed by atoms with Gasteiger partial charge < -0.3 is 5.32 Å². The molecule has 0 fully saturated rings. The van der Waals surface area contributed by atoms with Crippen LogP contribution in [0, 0.1) is 0 Å². The van der Waals surface area contributed by atoms with Crippen LogP contribution in [-0.4, -0.2) is 21.1 Å². The fourth-order valence-electron chi connectivity index (χ4n) is 2.07. The SMILES string of the molecule is O=C(Nc1ccncc1)c1cc(Cc2cccc(Cl)c2)[nH]n1. The summed E-state index contributed by atoms with van der Waals surface area (Å²) in [5.41, 5.74) is 2.92. The molecule has 0 saturated carbocycles. The molecule has 1 amide bonds. The fraction of sp³-hybridized carbons (Fsp3) is 0.0625. The summed E-state index contributed by atoms with van der Waals surface area (Å²) >= 11 is 5.96. The number of halogens is 1. The summed E-state index contributed by atoms with van der Waals surface area (Å²) in [6, 6.07) is 12.8. The van der Waals surface area contributed by atoms with Crippen molar-refractivity contribution in [3.63, 3.8) is 0 Å². The molecule has 0 saturated heterocycles. The third kappa shape index (κ3) is 3.51. The standard InChI is InChI=1S/C16H13ClN4O/c17-12-3-1-2-11(8-12)9-14-10-15(21-20-14)16(22)19-13-4-6-18-7-5-13/h1-8,10H,9H2,(H,20,21)(H,18,19,22). The molecule has 110 valence electrons. The largest absolute Gasteiger partial charge is 0.320 e. The number of anilines is 1. The molecule has 0 aliphatic rings. The number of H-pyrrole nitrogens is 1. The Labute approximate surface area is 132 Å². The van der Waals surface area contributed by atoms with Crippen LogP contribution in [-0.2, 0) is 6.42 Å². The maximum atomic E-state index is 12.1. The Kier molecular flexibility index (Phi) is 4.16. The van der Waals surface area contributed by atoms with E-state index in [1.165, 1.54) is 0 Å². The van der Waals surface area contributed by atoms with Gasteiger partial charge in [-0.2, -0.15) is 5.10 Å². The highest BCUT2D eigenvalue weighted by Gasteiger charge is 2.11. The van der Waals surface area contributed by atoms with Crippen molar-refractivity contribution in [1.82, 2.24) is 15.2 Å². The van der Waals surface area contributed by atoms with Gasteiger partial charge in [-0.05, 0) is 35.9 Å². The maximum absolute atomic E-state index is 12.1. The lowest BCUT2D eigenvalue weighted by atomic mass is 10.1. The highest BCUT2D eigenvalue weighted by atomic mass is 35.5. The Morgan fingerprint density at radius 1 is 1.18 bits per heavy atom. The van der Waals surface area contributed by atoms with Crippen LogP contribution in [0.1, 0.15) is 21.7 Å². The van der Waals surface area contributed by atoms with E-state index in [2.05, 4.69) is 20.5 Å². The number of hydrogen-bond donors (Lipinski definition) is 2. The molecule has 0 spiro atoms. The van der Waals surface area contributed by atoms with Gasteiger partial charge in [-0.3, -0.25) is 14.9 Å². The van der Waals surface area contributed by atoms with Crippen LogP contribution < -0.4 is 5.32 Å². The van der Waals surface area contributed by atoms with Crippen molar-refractivity contribution in [2.75, 3.05) is 5.32 Å². The Morgan fingerprint density at radius 3 is 2.77 bits per heavy atom. The summed E-state index contributed by atoms with van der Waals surface area (Å²) in [6.07, 6.45) is 3.87. The summed E-state index contributed by atoms with van der Waals surface area (Å²) in [5.74, 6) is -0.264. The molecule has 0 atom stereocenters. The molecule has 22 heavy (non-hydrogen) atoms. The van der Waals surface area contributed by atoms with Gasteiger partial charge in [-0.1, -0.05) is 23.7 Å². The second kappa shape index (κ2) is 6.41. The quantitative estimate of drug-likeness (QED) is 0.776. The Balaban J connectivity index is 1.69. The Bertz CT molecular complexity index is 786. The molecule has 2 aromatic heterocycles. The van der Waals surface area contributed by atoms with Crippen LogP contribution in [0.4, 0.5) is 5.69 Å². The summed E-state index contributed by atoms with van der Waals surface area (Å²) < 4.78 is 0. The minimum Gasteiger partial charge on any atom is -0.320 e. The molecule has 2 N–H and O–H groups in total. The molecule has 0 bridgehead atoms. The highest BCUT2D eigenvalue weighted by Crippen LogP contribution is 2.14. The van der Waals surface area contributed by atoms with Gasteiger partial charge in [0.1, 0.15) is 0 Å². The molecule has 0 aliphatic heterocycles. The Hall–Kier alpha value is -2.66. The van der Waals surface area contributed by atoms with Gasteiger partial charge in [-0.25, -0.2) is 0 Å². The van der Waals surface area contributed by atoms with Crippen molar-refractivity contribution in [1.29, 1.82) is 0 Å². The second-order valence-corrected chi connectivity index (χ2v) is 5.21. The number of carbonyl (C=O) groups is 1. The summed E-state index contributed by atoms with van der Waals surface area (Å²) in [7, 11) is 0. The number of aromatic amines is 1. The molecule has 1 aromatic carbocycles. The van der Waals surface area contributed by atoms with Crippen molar-refractivity contribution in [2.45, 2.75) is 6.42 Å². The first kappa shape index (κ1) is 14.3. The molecule has 3 aromatic rings. The smallest absolute Gasteiger partial charge is 0.276 e. The predicted octanol–water partition coefficient (Wildman–Crippen LogP) is 3.30. The van der Waals surface area contributed by atoms with E-state index in [9.17, 15) is 4.79 Å². The van der Waals surface area contributed by atoms with Gasteiger partial charge in [0.2, 0.25) is 0 Å². The van der Waals surface area contributed by atoms with Crippen LogP contribution in [0.2, 0.25) is 5.02 Å². The number of rotatable bonds is 4. The molecule has 0 unspecified atom stereocenters. The van der Waals surface area contributed by atoms with Crippen LogP contribution in [0.3, 0.4) is 0 Å². The first-order valence-corrected chi connectivity index (χ1v) is 7.08. The summed E-state index contributed by atoms with van der Waals surface area (Å²) in [4.78, 5) is 16.0. The van der Waals surface area contributed by atoms with Crippen molar-refractivity contribution in [2.24, 2.45) is 0 Å². The van der Waals surface area contributed by atoms with Gasteiger partial charge in [-0.15, -0.1) is 0 Å². The number of hydrogen-bond acceptors (Lipinski definition) is 3. The van der Waals surface area contributed by atoms with Crippen LogP contribution in [0.25, 0.3) is 0 Å². The minimum atomic E-state index is -0.264. The summed E-state index contributed by atoms with van der Waals surface area (Å²) in [5, 5.41) is 10.4. The van der Waals surface area contributed by atoms with E-state index >= 15 is 0 Å². The van der Waals surface area contributed by atoms with E-state index in [1.54, 1.807) is 30.6 Å². The van der Waals surface area contributed by atoms with Crippen LogP contribution >= 0.6 is 11.6 Å². The molecular weight excluding hydrogens is 300 g/mol. The van der Waals surface area contributed by atoms with E-state index in [4.69, 9.17) is 11.6 Å². The zero-order valence-electron chi connectivity index (χ0n) is 11.6. The van der Waals surface area contributed by atoms with Gasteiger partial charge in [0, 0.05) is 35.2 Å². The van der Waals surface area contributed by atoms with E-state index in [0.29, 0.717) is 22.8 Å². The monoisotopic (exact) mass is 312 g/mol. The molecule has 0 radical (unpaired) electrons. The topological polar surface area (TPSA) is 70.7 Å². The molecular formula is C16H13ClN4O. The fourth-order valence-corrected chi connectivity index (χ4v) is 2.28. The number of carbonyl (C=O) groups excluding carboxylic acids is 1. The average molecular weight is 313 g/mol. The molecule has 2 heterocycles. The predicted molar refractivity (Wildman–Crippen MR) is 85.0 cm³/mol. The first-order chi connectivity index (χ1) is 10.7. The number of nitrogens with one attached hydrogen (secondary N) is 2. The van der Waals surface area contributed by atoms with Crippen LogP contribution in [0.5, 0.6) is 0 Å². The van der Waals surface area contributed by atoms with Gasteiger partial charge in [0.05, 0.1) is 0 Å². The minimum absolute atomic E-state index is 0.264. The third-order valence-corrected chi connectivity index (χ3v) is 3.32. The number of nitrogens with zero attached hydrogens (tertiary/aromatic N) is 2. The lowest BCUT2D eigenvalue weighted by molar-refractivity contribution is 0.102.